The van der Waals surface area contributed by atoms with Gasteiger partial charge in [0.2, 0.25) is 5.91 Å². The molecule has 1 aliphatic rings. The van der Waals surface area contributed by atoms with Crippen molar-refractivity contribution < 1.29 is 14.3 Å². The third-order valence-corrected chi connectivity index (χ3v) is 4.78. The first-order valence-corrected chi connectivity index (χ1v) is 10.2. The average Bonchev–Trinajstić information content (AvgIpc) is 3.13. The Morgan fingerprint density at radius 2 is 2.03 bits per heavy atom. The summed E-state index contributed by atoms with van der Waals surface area (Å²) in [6, 6.07) is 13.6. The van der Waals surface area contributed by atoms with Gasteiger partial charge in [-0.3, -0.25) is 4.79 Å². The fourth-order valence-corrected chi connectivity index (χ4v) is 3.39. The van der Waals surface area contributed by atoms with E-state index in [0.717, 1.165) is 35.7 Å². The van der Waals surface area contributed by atoms with E-state index in [4.69, 9.17) is 21.7 Å². The van der Waals surface area contributed by atoms with Crippen LogP contribution < -0.4 is 25.0 Å². The van der Waals surface area contributed by atoms with Crippen molar-refractivity contribution in [2.75, 3.05) is 23.9 Å². The van der Waals surface area contributed by atoms with Crippen LogP contribution in [-0.2, 0) is 11.3 Å². The average molecular weight is 414 g/mol. The van der Waals surface area contributed by atoms with Crippen molar-refractivity contribution in [2.24, 2.45) is 0 Å². The maximum Gasteiger partial charge on any atom is 0.227 e. The summed E-state index contributed by atoms with van der Waals surface area (Å²) in [5, 5.41) is 6.89. The molecular weight excluding hydrogens is 386 g/mol. The molecule has 1 aliphatic heterocycles. The van der Waals surface area contributed by atoms with Gasteiger partial charge in [0.25, 0.3) is 0 Å². The summed E-state index contributed by atoms with van der Waals surface area (Å²) in [5.41, 5.74) is 2.77. The first kappa shape index (κ1) is 20.9. The number of hydrogen-bond acceptors (Lipinski definition) is 4. The standard InChI is InChI=1S/C22H27N3O3S/c1-15(2)28-19-10-9-16(12-20(19)27-3)14-23-22(29)24-17-6-4-7-18(13-17)25-11-5-8-21(25)26/h4,6-7,9-10,12-13,15H,5,8,11,14H2,1-3H3,(H2,23,24,29). The van der Waals surface area contributed by atoms with E-state index in [1.54, 1.807) is 7.11 Å². The van der Waals surface area contributed by atoms with Crippen molar-refractivity contribution in [1.82, 2.24) is 5.32 Å². The van der Waals surface area contributed by atoms with E-state index in [1.165, 1.54) is 0 Å². The van der Waals surface area contributed by atoms with Gasteiger partial charge in [-0.15, -0.1) is 0 Å². The molecule has 1 saturated heterocycles. The molecule has 7 heteroatoms. The zero-order valence-electron chi connectivity index (χ0n) is 17.0. The van der Waals surface area contributed by atoms with E-state index in [1.807, 2.05) is 61.2 Å². The molecule has 2 aromatic carbocycles. The Bertz CT molecular complexity index is 885. The van der Waals surface area contributed by atoms with Crippen molar-refractivity contribution in [2.45, 2.75) is 39.3 Å². The Labute approximate surface area is 177 Å². The van der Waals surface area contributed by atoms with Crippen LogP contribution in [0.3, 0.4) is 0 Å². The normalized spacial score (nSPS) is 13.5. The van der Waals surface area contributed by atoms with Gasteiger partial charge in [0.1, 0.15) is 0 Å². The van der Waals surface area contributed by atoms with Crippen molar-refractivity contribution >= 4 is 34.6 Å². The first-order valence-electron chi connectivity index (χ1n) is 9.75. The molecule has 154 valence electrons. The highest BCUT2D eigenvalue weighted by Crippen LogP contribution is 2.29. The van der Waals surface area contributed by atoms with Crippen LogP contribution in [-0.4, -0.2) is 30.8 Å². The zero-order chi connectivity index (χ0) is 20.8. The van der Waals surface area contributed by atoms with Crippen LogP contribution in [0.15, 0.2) is 42.5 Å². The van der Waals surface area contributed by atoms with Crippen LogP contribution in [0, 0.1) is 0 Å². The Balaban J connectivity index is 1.58. The van der Waals surface area contributed by atoms with Crippen LogP contribution in [0.4, 0.5) is 11.4 Å². The molecule has 0 unspecified atom stereocenters. The molecule has 0 aliphatic carbocycles. The van der Waals surface area contributed by atoms with Gasteiger partial charge < -0.3 is 25.0 Å². The first-order chi connectivity index (χ1) is 14.0. The molecular formula is C22H27N3O3S. The quantitative estimate of drug-likeness (QED) is 0.667. The fraction of sp³-hybridized carbons (Fsp3) is 0.364. The topological polar surface area (TPSA) is 62.8 Å². The summed E-state index contributed by atoms with van der Waals surface area (Å²) in [6.07, 6.45) is 1.60. The van der Waals surface area contributed by atoms with Gasteiger partial charge >= 0.3 is 0 Å². The number of thiocarbonyl (C=S) groups is 1. The van der Waals surface area contributed by atoms with Crippen molar-refractivity contribution in [3.8, 4) is 11.5 Å². The van der Waals surface area contributed by atoms with Crippen molar-refractivity contribution in [3.63, 3.8) is 0 Å². The molecule has 0 spiro atoms. The van der Waals surface area contributed by atoms with E-state index in [9.17, 15) is 4.79 Å². The summed E-state index contributed by atoms with van der Waals surface area (Å²) in [4.78, 5) is 13.8. The molecule has 3 rings (SSSR count). The highest BCUT2D eigenvalue weighted by molar-refractivity contribution is 7.80. The fourth-order valence-electron chi connectivity index (χ4n) is 3.20. The Morgan fingerprint density at radius 3 is 2.72 bits per heavy atom. The lowest BCUT2D eigenvalue weighted by molar-refractivity contribution is -0.117. The number of carbonyl (C=O) groups is 1. The third-order valence-electron chi connectivity index (χ3n) is 4.53. The molecule has 0 atom stereocenters. The maximum atomic E-state index is 12.0. The van der Waals surface area contributed by atoms with Crippen LogP contribution in [0.2, 0.25) is 0 Å². The number of ether oxygens (including phenoxy) is 2. The van der Waals surface area contributed by atoms with Gasteiger partial charge in [-0.1, -0.05) is 12.1 Å². The third kappa shape index (κ3) is 5.60. The van der Waals surface area contributed by atoms with Crippen LogP contribution in [0.25, 0.3) is 0 Å². The monoisotopic (exact) mass is 413 g/mol. The predicted octanol–water partition coefficient (Wildman–Crippen LogP) is 4.10. The second-order valence-electron chi connectivity index (χ2n) is 7.16. The van der Waals surface area contributed by atoms with E-state index in [2.05, 4.69) is 10.6 Å². The van der Waals surface area contributed by atoms with Gasteiger partial charge in [0, 0.05) is 30.9 Å². The number of carbonyl (C=O) groups excluding carboxylic acids is 1. The Hall–Kier alpha value is -2.80. The SMILES string of the molecule is COc1cc(CNC(=S)Nc2cccc(N3CCCC3=O)c2)ccc1OC(C)C. The number of methoxy groups -OCH3 is 1. The zero-order valence-corrected chi connectivity index (χ0v) is 17.8. The lowest BCUT2D eigenvalue weighted by atomic mass is 10.2. The van der Waals surface area contributed by atoms with Crippen molar-refractivity contribution in [1.29, 1.82) is 0 Å². The number of nitrogens with one attached hydrogen (secondary N) is 2. The summed E-state index contributed by atoms with van der Waals surface area (Å²) < 4.78 is 11.2. The van der Waals surface area contributed by atoms with E-state index in [-0.39, 0.29) is 12.0 Å². The van der Waals surface area contributed by atoms with Gasteiger partial charge in [-0.25, -0.2) is 0 Å². The molecule has 2 N–H and O–H groups in total. The molecule has 1 fully saturated rings. The van der Waals surface area contributed by atoms with Gasteiger partial charge in [0.15, 0.2) is 16.6 Å². The number of nitrogens with zero attached hydrogens (tertiary/aromatic N) is 1. The minimum atomic E-state index is 0.0799. The largest absolute Gasteiger partial charge is 0.493 e. The molecule has 6 nitrogen and oxygen atoms in total. The summed E-state index contributed by atoms with van der Waals surface area (Å²) in [7, 11) is 1.63. The van der Waals surface area contributed by atoms with Gasteiger partial charge in [-0.05, 0) is 68.4 Å². The minimum absolute atomic E-state index is 0.0799. The summed E-state index contributed by atoms with van der Waals surface area (Å²) in [5.74, 6) is 1.58. The van der Waals surface area contributed by atoms with Crippen LogP contribution in [0.1, 0.15) is 32.3 Å². The van der Waals surface area contributed by atoms with Gasteiger partial charge in [0.05, 0.1) is 13.2 Å². The van der Waals surface area contributed by atoms with Crippen LogP contribution >= 0.6 is 12.2 Å². The number of benzene rings is 2. The van der Waals surface area contributed by atoms with Crippen LogP contribution in [0.5, 0.6) is 11.5 Å². The Morgan fingerprint density at radius 1 is 1.21 bits per heavy atom. The lowest BCUT2D eigenvalue weighted by Crippen LogP contribution is -2.28. The summed E-state index contributed by atoms with van der Waals surface area (Å²) in [6.45, 7) is 5.28. The second-order valence-corrected chi connectivity index (χ2v) is 7.57. The number of rotatable bonds is 7. The number of anilines is 2. The summed E-state index contributed by atoms with van der Waals surface area (Å²) >= 11 is 5.42. The number of amides is 1. The molecule has 0 bridgehead atoms. The van der Waals surface area contributed by atoms with Crippen molar-refractivity contribution in [3.05, 3.63) is 48.0 Å². The maximum absolute atomic E-state index is 12.0. The molecule has 1 heterocycles. The van der Waals surface area contributed by atoms with E-state index in [0.29, 0.717) is 23.8 Å². The lowest BCUT2D eigenvalue weighted by Gasteiger charge is -2.18. The Kier molecular flexibility index (Phi) is 6.93. The molecule has 1 amide bonds. The predicted molar refractivity (Wildman–Crippen MR) is 120 cm³/mol. The van der Waals surface area contributed by atoms with E-state index >= 15 is 0 Å². The van der Waals surface area contributed by atoms with Gasteiger partial charge in [-0.2, -0.15) is 0 Å². The highest BCUT2D eigenvalue weighted by atomic mass is 32.1. The molecule has 29 heavy (non-hydrogen) atoms. The second kappa shape index (κ2) is 9.60. The minimum Gasteiger partial charge on any atom is -0.493 e. The smallest absolute Gasteiger partial charge is 0.227 e. The molecule has 0 saturated carbocycles. The molecule has 2 aromatic rings. The molecule has 0 aromatic heterocycles. The highest BCUT2D eigenvalue weighted by Gasteiger charge is 2.21. The van der Waals surface area contributed by atoms with E-state index < -0.39 is 0 Å². The molecule has 0 radical (unpaired) electrons. The number of hydrogen-bond donors (Lipinski definition) is 2.